The van der Waals surface area contributed by atoms with Crippen LogP contribution in [0.25, 0.3) is 11.3 Å². The highest BCUT2D eigenvalue weighted by molar-refractivity contribution is 6.30. The van der Waals surface area contributed by atoms with Gasteiger partial charge in [0.25, 0.3) is 0 Å². The molecule has 0 unspecified atom stereocenters. The summed E-state index contributed by atoms with van der Waals surface area (Å²) in [6.07, 6.45) is 1.57. The SMILES string of the molecule is Cn1nncc1-c1cc(Cl)ccc1O. The van der Waals surface area contributed by atoms with Gasteiger partial charge in [-0.15, -0.1) is 5.10 Å². The van der Waals surface area contributed by atoms with Gasteiger partial charge in [0.05, 0.1) is 11.9 Å². The number of nitrogens with zero attached hydrogens (tertiary/aromatic N) is 3. The van der Waals surface area contributed by atoms with Crippen LogP contribution in [0, 0.1) is 0 Å². The minimum absolute atomic E-state index is 0.166. The van der Waals surface area contributed by atoms with Gasteiger partial charge in [0.15, 0.2) is 0 Å². The Morgan fingerprint density at radius 1 is 1.43 bits per heavy atom. The van der Waals surface area contributed by atoms with Crippen molar-refractivity contribution in [2.75, 3.05) is 0 Å². The number of hydrogen-bond donors (Lipinski definition) is 1. The number of halogens is 1. The molecule has 0 aliphatic rings. The third-order valence-corrected chi connectivity index (χ3v) is 2.18. The lowest BCUT2D eigenvalue weighted by Gasteiger charge is -2.03. The summed E-state index contributed by atoms with van der Waals surface area (Å²) in [5.74, 6) is 0.166. The number of phenols is 1. The smallest absolute Gasteiger partial charge is 0.125 e. The summed E-state index contributed by atoms with van der Waals surface area (Å²) in [6, 6.07) is 4.85. The van der Waals surface area contributed by atoms with Gasteiger partial charge < -0.3 is 5.11 Å². The lowest BCUT2D eigenvalue weighted by atomic mass is 10.1. The van der Waals surface area contributed by atoms with E-state index in [2.05, 4.69) is 10.3 Å². The van der Waals surface area contributed by atoms with Crippen LogP contribution >= 0.6 is 11.6 Å². The van der Waals surface area contributed by atoms with Gasteiger partial charge in [-0.1, -0.05) is 16.8 Å². The Morgan fingerprint density at radius 3 is 2.86 bits per heavy atom. The fourth-order valence-electron chi connectivity index (χ4n) is 1.25. The molecule has 0 aliphatic heterocycles. The summed E-state index contributed by atoms with van der Waals surface area (Å²) in [7, 11) is 1.75. The van der Waals surface area contributed by atoms with Gasteiger partial charge in [-0.3, -0.25) is 0 Å². The number of benzene rings is 1. The van der Waals surface area contributed by atoms with E-state index in [-0.39, 0.29) is 5.75 Å². The van der Waals surface area contributed by atoms with E-state index in [1.54, 1.807) is 36.1 Å². The standard InChI is InChI=1S/C9H8ClN3O/c1-13-8(5-11-12-13)7-4-6(10)2-3-9(7)14/h2-5,14H,1H3. The number of rotatable bonds is 1. The van der Waals surface area contributed by atoms with Crippen molar-refractivity contribution in [1.82, 2.24) is 15.0 Å². The van der Waals surface area contributed by atoms with Crippen LogP contribution in [-0.2, 0) is 7.05 Å². The highest BCUT2D eigenvalue weighted by Crippen LogP contribution is 2.30. The third-order valence-electron chi connectivity index (χ3n) is 1.95. The maximum Gasteiger partial charge on any atom is 0.125 e. The fourth-order valence-corrected chi connectivity index (χ4v) is 1.42. The fraction of sp³-hybridized carbons (Fsp3) is 0.111. The third kappa shape index (κ3) is 1.44. The molecule has 4 nitrogen and oxygen atoms in total. The van der Waals surface area contributed by atoms with E-state index >= 15 is 0 Å². The van der Waals surface area contributed by atoms with Crippen molar-refractivity contribution in [3.63, 3.8) is 0 Å². The quantitative estimate of drug-likeness (QED) is 0.780. The highest BCUT2D eigenvalue weighted by atomic mass is 35.5. The van der Waals surface area contributed by atoms with Gasteiger partial charge in [0, 0.05) is 17.6 Å². The molecule has 1 heterocycles. The number of hydrogen-bond acceptors (Lipinski definition) is 3. The first-order valence-corrected chi connectivity index (χ1v) is 4.40. The topological polar surface area (TPSA) is 50.9 Å². The molecule has 2 aromatic rings. The van der Waals surface area contributed by atoms with Gasteiger partial charge in [-0.05, 0) is 18.2 Å². The first-order chi connectivity index (χ1) is 6.68. The van der Waals surface area contributed by atoms with Gasteiger partial charge in [-0.25, -0.2) is 4.68 Å². The normalized spacial score (nSPS) is 10.4. The summed E-state index contributed by atoms with van der Waals surface area (Å²) < 4.78 is 1.57. The van der Waals surface area contributed by atoms with Crippen LogP contribution in [0.2, 0.25) is 5.02 Å². The second-order valence-electron chi connectivity index (χ2n) is 2.90. The van der Waals surface area contributed by atoms with Crippen LogP contribution < -0.4 is 0 Å². The summed E-state index contributed by atoms with van der Waals surface area (Å²) in [5.41, 5.74) is 1.36. The molecule has 14 heavy (non-hydrogen) atoms. The van der Waals surface area contributed by atoms with Crippen LogP contribution in [-0.4, -0.2) is 20.1 Å². The first-order valence-electron chi connectivity index (χ1n) is 4.02. The summed E-state index contributed by atoms with van der Waals surface area (Å²) in [4.78, 5) is 0. The average molecular weight is 210 g/mol. The van der Waals surface area contributed by atoms with Crippen molar-refractivity contribution in [2.45, 2.75) is 0 Å². The Balaban J connectivity index is 2.62. The molecule has 1 aromatic carbocycles. The predicted molar refractivity (Wildman–Crippen MR) is 53.1 cm³/mol. The Kier molecular flexibility index (Phi) is 2.13. The molecule has 0 amide bonds. The van der Waals surface area contributed by atoms with Gasteiger partial charge in [-0.2, -0.15) is 0 Å². The monoisotopic (exact) mass is 209 g/mol. The molecule has 0 atom stereocenters. The van der Waals surface area contributed by atoms with Crippen LogP contribution in [0.5, 0.6) is 5.75 Å². The van der Waals surface area contributed by atoms with Crippen LogP contribution in [0.1, 0.15) is 0 Å². The molecule has 0 saturated heterocycles. The Hall–Kier alpha value is -1.55. The van der Waals surface area contributed by atoms with Crippen molar-refractivity contribution in [3.05, 3.63) is 29.4 Å². The second-order valence-corrected chi connectivity index (χ2v) is 3.34. The Labute approximate surface area is 85.7 Å². The molecule has 0 aliphatic carbocycles. The first kappa shape index (κ1) is 9.02. The zero-order valence-corrected chi connectivity index (χ0v) is 8.23. The van der Waals surface area contributed by atoms with Crippen molar-refractivity contribution in [2.24, 2.45) is 7.05 Å². The maximum atomic E-state index is 9.60. The second kappa shape index (κ2) is 3.31. The Morgan fingerprint density at radius 2 is 2.21 bits per heavy atom. The van der Waals surface area contributed by atoms with E-state index in [0.717, 1.165) is 5.69 Å². The predicted octanol–water partition coefficient (Wildman–Crippen LogP) is 1.84. The largest absolute Gasteiger partial charge is 0.507 e. The molecule has 72 valence electrons. The molecular formula is C9H8ClN3O. The molecule has 0 fully saturated rings. The summed E-state index contributed by atoms with van der Waals surface area (Å²) >= 11 is 5.82. The van der Waals surface area contributed by atoms with Gasteiger partial charge >= 0.3 is 0 Å². The highest BCUT2D eigenvalue weighted by Gasteiger charge is 2.08. The average Bonchev–Trinajstić information content (AvgIpc) is 2.56. The minimum atomic E-state index is 0.166. The van der Waals surface area contributed by atoms with Crippen LogP contribution in [0.3, 0.4) is 0 Å². The number of aromatic nitrogens is 3. The molecular weight excluding hydrogens is 202 g/mol. The molecule has 0 radical (unpaired) electrons. The number of phenolic OH excluding ortho intramolecular Hbond substituents is 1. The van der Waals surface area contributed by atoms with Gasteiger partial charge in [0.2, 0.25) is 0 Å². The molecule has 0 bridgehead atoms. The summed E-state index contributed by atoms with van der Waals surface area (Å²) in [6.45, 7) is 0. The van der Waals surface area contributed by atoms with Gasteiger partial charge in [0.1, 0.15) is 5.75 Å². The maximum absolute atomic E-state index is 9.60. The van der Waals surface area contributed by atoms with Crippen LogP contribution in [0.4, 0.5) is 0 Å². The Bertz CT molecular complexity index is 467. The van der Waals surface area contributed by atoms with Crippen molar-refractivity contribution in [1.29, 1.82) is 0 Å². The van der Waals surface area contributed by atoms with Crippen LogP contribution in [0.15, 0.2) is 24.4 Å². The van der Waals surface area contributed by atoms with E-state index in [4.69, 9.17) is 11.6 Å². The van der Waals surface area contributed by atoms with E-state index in [0.29, 0.717) is 10.6 Å². The van der Waals surface area contributed by atoms with E-state index < -0.39 is 0 Å². The molecule has 5 heteroatoms. The molecule has 0 saturated carbocycles. The molecule has 2 rings (SSSR count). The zero-order valence-electron chi connectivity index (χ0n) is 7.48. The molecule has 1 aromatic heterocycles. The molecule has 1 N–H and O–H groups in total. The summed E-state index contributed by atoms with van der Waals surface area (Å²) in [5, 5.41) is 17.7. The lowest BCUT2D eigenvalue weighted by Crippen LogP contribution is -1.93. The van der Waals surface area contributed by atoms with E-state index in [9.17, 15) is 5.11 Å². The van der Waals surface area contributed by atoms with E-state index in [1.807, 2.05) is 0 Å². The zero-order chi connectivity index (χ0) is 10.1. The van der Waals surface area contributed by atoms with Crippen molar-refractivity contribution >= 4 is 11.6 Å². The number of aryl methyl sites for hydroxylation is 1. The van der Waals surface area contributed by atoms with E-state index in [1.165, 1.54) is 0 Å². The van der Waals surface area contributed by atoms with Crippen molar-refractivity contribution < 1.29 is 5.11 Å². The lowest BCUT2D eigenvalue weighted by molar-refractivity contribution is 0.476. The number of aromatic hydroxyl groups is 1. The minimum Gasteiger partial charge on any atom is -0.507 e. The van der Waals surface area contributed by atoms with Crippen molar-refractivity contribution in [3.8, 4) is 17.0 Å². The molecule has 0 spiro atoms.